The van der Waals surface area contributed by atoms with E-state index in [2.05, 4.69) is 15.6 Å². The summed E-state index contributed by atoms with van der Waals surface area (Å²) in [5.41, 5.74) is -2.30. The molecule has 0 amide bonds. The number of aromatic nitrogens is 2. The predicted octanol–water partition coefficient (Wildman–Crippen LogP) is 2.83. The molecule has 2 unspecified atom stereocenters. The van der Waals surface area contributed by atoms with Crippen LogP contribution in [-0.2, 0) is 23.4 Å². The summed E-state index contributed by atoms with van der Waals surface area (Å²) in [7, 11) is -4.27. The van der Waals surface area contributed by atoms with E-state index in [1.807, 2.05) is 0 Å². The molecule has 0 bridgehead atoms. The standard InChI is InChI=1S/C23H28N3O9PS/c1-14(2)33-20(29)15(3)24-13-36(31,35-16-8-6-5-7-9-16)32-12-17-19(28)23(4,30)21(34-17)26-11-10-18(27)25-22(26)37/h5-11,14-15,17,19,21,28,30H,12H2,1-4H3/p+1/t15-,17+,19-,21+,23?,36?/m0/s1. The van der Waals surface area contributed by atoms with Crippen molar-refractivity contribution in [2.45, 2.75) is 63.9 Å². The van der Waals surface area contributed by atoms with Gasteiger partial charge in [-0.1, -0.05) is 23.0 Å². The highest BCUT2D eigenvalue weighted by molar-refractivity contribution is 7.71. The Morgan fingerprint density at radius 1 is 1.32 bits per heavy atom. The molecule has 6 atom stereocenters. The lowest BCUT2D eigenvalue weighted by Gasteiger charge is -2.27. The molecule has 37 heavy (non-hydrogen) atoms. The lowest BCUT2D eigenvalue weighted by molar-refractivity contribution is -0.147. The van der Waals surface area contributed by atoms with Crippen LogP contribution in [0.3, 0.4) is 0 Å². The third-order valence-corrected chi connectivity index (χ3v) is 6.92. The molecule has 2 heterocycles. The first-order chi connectivity index (χ1) is 17.3. The Morgan fingerprint density at radius 3 is 2.62 bits per heavy atom. The maximum atomic E-state index is 13.5. The summed E-state index contributed by atoms with van der Waals surface area (Å²) in [6.45, 7) is 5.61. The van der Waals surface area contributed by atoms with Crippen molar-refractivity contribution in [2.75, 3.05) is 6.61 Å². The SMILES string of the molecule is CC(C)OC(=O)[C@H](C)[N+]#CP(=O)(OC[C@H]1O[C@@H](n2ccc(=O)[nH]c2=S)C(C)(O)[C@H]1O)Oc1ccccc1. The van der Waals surface area contributed by atoms with Gasteiger partial charge in [-0.15, -0.1) is 0 Å². The molecule has 0 spiro atoms. The molecule has 2 aromatic rings. The third kappa shape index (κ3) is 7.13. The van der Waals surface area contributed by atoms with Gasteiger partial charge in [-0.2, -0.15) is 0 Å². The molecule has 1 aromatic carbocycles. The van der Waals surface area contributed by atoms with E-state index in [1.54, 1.807) is 32.0 Å². The zero-order chi connectivity index (χ0) is 27.4. The number of esters is 1. The Bertz CT molecular complexity index is 1330. The van der Waals surface area contributed by atoms with E-state index >= 15 is 0 Å². The molecule has 12 nitrogen and oxygen atoms in total. The number of H-pyrrole nitrogens is 1. The number of benzene rings is 1. The summed E-state index contributed by atoms with van der Waals surface area (Å²) in [6, 6.07) is 8.25. The largest absolute Gasteiger partial charge is 0.530 e. The first-order valence-electron chi connectivity index (χ1n) is 11.4. The number of ether oxygens (including phenoxy) is 2. The number of aliphatic hydroxyl groups is 2. The number of aromatic amines is 1. The van der Waals surface area contributed by atoms with Crippen molar-refractivity contribution in [3.8, 4) is 11.6 Å². The zero-order valence-electron chi connectivity index (χ0n) is 20.6. The second-order valence-corrected chi connectivity index (χ2v) is 10.8. The van der Waals surface area contributed by atoms with Crippen LogP contribution in [0.2, 0.25) is 0 Å². The van der Waals surface area contributed by atoms with Crippen LogP contribution < -0.4 is 10.1 Å². The first-order valence-corrected chi connectivity index (χ1v) is 13.3. The van der Waals surface area contributed by atoms with Gasteiger partial charge < -0.3 is 24.2 Å². The number of nitrogens with one attached hydrogen (secondary N) is 1. The molecule has 1 aromatic heterocycles. The fourth-order valence-corrected chi connectivity index (χ4v) is 4.86. The molecule has 1 fully saturated rings. The van der Waals surface area contributed by atoms with Crippen LogP contribution in [0.25, 0.3) is 4.85 Å². The van der Waals surface area contributed by atoms with Crippen LogP contribution in [0.15, 0.2) is 47.4 Å². The topological polar surface area (TPSA) is 154 Å². The zero-order valence-corrected chi connectivity index (χ0v) is 22.3. The monoisotopic (exact) mass is 554 g/mol. The predicted molar refractivity (Wildman–Crippen MR) is 135 cm³/mol. The van der Waals surface area contributed by atoms with Crippen LogP contribution >= 0.6 is 19.8 Å². The van der Waals surface area contributed by atoms with Gasteiger partial charge in [-0.05, 0) is 45.1 Å². The molecule has 0 saturated carbocycles. The van der Waals surface area contributed by atoms with Gasteiger partial charge in [0.15, 0.2) is 11.0 Å². The number of carbonyl (C=O) groups excluding carboxylic acids is 1. The van der Waals surface area contributed by atoms with E-state index in [0.717, 1.165) is 0 Å². The fourth-order valence-electron chi connectivity index (χ4n) is 3.40. The molecule has 1 saturated heterocycles. The average molecular weight is 555 g/mol. The third-order valence-electron chi connectivity index (χ3n) is 5.30. The Kier molecular flexibility index (Phi) is 9.07. The van der Waals surface area contributed by atoms with E-state index in [9.17, 15) is 24.4 Å². The van der Waals surface area contributed by atoms with Crippen molar-refractivity contribution in [3.63, 3.8) is 0 Å². The van der Waals surface area contributed by atoms with Crippen molar-refractivity contribution in [2.24, 2.45) is 0 Å². The number of aliphatic hydroxyl groups excluding tert-OH is 1. The Labute approximate surface area is 218 Å². The highest BCUT2D eigenvalue weighted by Crippen LogP contribution is 2.49. The van der Waals surface area contributed by atoms with Gasteiger partial charge in [0, 0.05) is 19.2 Å². The van der Waals surface area contributed by atoms with E-state index < -0.39 is 55.8 Å². The quantitative estimate of drug-likeness (QED) is 0.252. The summed E-state index contributed by atoms with van der Waals surface area (Å²) >= 11 is 5.14. The van der Waals surface area contributed by atoms with Crippen molar-refractivity contribution >= 4 is 25.8 Å². The number of nitrogens with zero attached hydrogens (tertiary/aromatic N) is 2. The van der Waals surface area contributed by atoms with E-state index in [1.165, 1.54) is 42.8 Å². The fraction of sp³-hybridized carbons (Fsp3) is 0.478. The summed E-state index contributed by atoms with van der Waals surface area (Å²) in [5, 5.41) is 21.7. The van der Waals surface area contributed by atoms with Crippen molar-refractivity contribution < 1.29 is 38.1 Å². The minimum Gasteiger partial charge on any atom is -0.457 e. The smallest absolute Gasteiger partial charge is 0.457 e. The van der Waals surface area contributed by atoms with Gasteiger partial charge in [0.1, 0.15) is 23.6 Å². The summed E-state index contributed by atoms with van der Waals surface area (Å²) in [6.07, 6.45) is -2.94. The van der Waals surface area contributed by atoms with Gasteiger partial charge in [0.05, 0.1) is 12.7 Å². The van der Waals surface area contributed by atoms with Crippen molar-refractivity contribution in [1.29, 1.82) is 0 Å². The lowest BCUT2D eigenvalue weighted by Crippen LogP contribution is -2.44. The second-order valence-electron chi connectivity index (χ2n) is 8.80. The van der Waals surface area contributed by atoms with Crippen LogP contribution in [0.1, 0.15) is 33.9 Å². The van der Waals surface area contributed by atoms with Crippen LogP contribution in [0, 0.1) is 10.6 Å². The Morgan fingerprint density at radius 2 is 2.00 bits per heavy atom. The van der Waals surface area contributed by atoms with Crippen molar-refractivity contribution in [1.82, 2.24) is 9.55 Å². The van der Waals surface area contributed by atoms with Gasteiger partial charge in [0.25, 0.3) is 5.56 Å². The number of para-hydroxylation sites is 1. The normalized spacial score (nSPS) is 25.5. The maximum absolute atomic E-state index is 13.5. The molecule has 1 aliphatic rings. The number of hydrogen-bond donors (Lipinski definition) is 3. The van der Waals surface area contributed by atoms with Gasteiger partial charge in [-0.25, -0.2) is 9.36 Å². The minimum atomic E-state index is -4.27. The highest BCUT2D eigenvalue weighted by atomic mass is 32.1. The van der Waals surface area contributed by atoms with Gasteiger partial charge in [-0.3, -0.25) is 18.9 Å². The molecule has 200 valence electrons. The van der Waals surface area contributed by atoms with Crippen molar-refractivity contribution in [3.05, 3.63) is 62.6 Å². The van der Waals surface area contributed by atoms with E-state index in [4.69, 9.17) is 30.7 Å². The maximum Gasteiger partial charge on any atom is 0.530 e. The van der Waals surface area contributed by atoms with Gasteiger partial charge in [0.2, 0.25) is 0 Å². The highest BCUT2D eigenvalue weighted by Gasteiger charge is 2.54. The summed E-state index contributed by atoms with van der Waals surface area (Å²) in [5.74, 6) is 1.82. The summed E-state index contributed by atoms with van der Waals surface area (Å²) < 4.78 is 36.7. The first kappa shape index (κ1) is 28.7. The number of hydrogen-bond acceptors (Lipinski definition) is 10. The van der Waals surface area contributed by atoms with E-state index in [0.29, 0.717) is 0 Å². The minimum absolute atomic E-state index is 0.0348. The molecule has 1 aliphatic heterocycles. The van der Waals surface area contributed by atoms with Gasteiger partial charge >= 0.3 is 25.4 Å². The Balaban J connectivity index is 1.83. The van der Waals surface area contributed by atoms with Crippen LogP contribution in [0.5, 0.6) is 5.75 Å². The average Bonchev–Trinajstić information content (AvgIpc) is 3.05. The molecular formula is C23H29N3O9PS+. The molecule has 3 N–H and O–H groups in total. The van der Waals surface area contributed by atoms with E-state index in [-0.39, 0.29) is 16.6 Å². The lowest BCUT2D eigenvalue weighted by atomic mass is 9.96. The Hall–Kier alpha value is -2.85. The number of rotatable bonds is 8. The molecule has 0 radical (unpaired) electrons. The molecule has 3 rings (SSSR count). The van der Waals surface area contributed by atoms with Crippen LogP contribution in [-0.4, -0.2) is 62.3 Å². The molecule has 14 heteroatoms. The second kappa shape index (κ2) is 11.7. The molecular weight excluding hydrogens is 525 g/mol. The van der Waals surface area contributed by atoms with Crippen LogP contribution in [0.4, 0.5) is 0 Å². The summed E-state index contributed by atoms with van der Waals surface area (Å²) in [4.78, 5) is 29.9. The molecule has 0 aliphatic carbocycles. The number of carbonyl (C=O) groups is 1.